The minimum Gasteiger partial charge on any atom is -0.378 e. The van der Waals surface area contributed by atoms with E-state index in [9.17, 15) is 0 Å². The monoisotopic (exact) mass is 510 g/mol. The molecule has 0 unspecified atom stereocenters. The molecule has 0 spiro atoms. The van der Waals surface area contributed by atoms with Gasteiger partial charge in [0.25, 0.3) is 0 Å². The number of nitrogens with zero attached hydrogens (tertiary/aromatic N) is 4. The van der Waals surface area contributed by atoms with Gasteiger partial charge in [-0.3, -0.25) is 9.91 Å². The van der Waals surface area contributed by atoms with Gasteiger partial charge in [0.1, 0.15) is 0 Å². The zero-order valence-corrected chi connectivity index (χ0v) is 21.5. The fourth-order valence-electron chi connectivity index (χ4n) is 4.96. The van der Waals surface area contributed by atoms with E-state index in [1.54, 1.807) is 0 Å². The Morgan fingerprint density at radius 2 is 1.60 bits per heavy atom. The molecule has 0 atom stereocenters. The number of hydrogen-bond donors (Lipinski definition) is 0. The number of halogens is 2. The molecule has 184 valence electrons. The first-order valence-electron chi connectivity index (χ1n) is 12.4. The maximum Gasteiger partial charge on any atom is 0.0642 e. The Bertz CT molecular complexity index is 1100. The lowest BCUT2D eigenvalue weighted by atomic mass is 10.1. The molecule has 2 fully saturated rings. The number of hydrazone groups is 1. The third kappa shape index (κ3) is 6.28. The highest BCUT2D eigenvalue weighted by atomic mass is 35.5. The highest BCUT2D eigenvalue weighted by Gasteiger charge is 2.26. The van der Waals surface area contributed by atoms with Gasteiger partial charge < -0.3 is 9.64 Å². The van der Waals surface area contributed by atoms with Crippen molar-refractivity contribution in [3.63, 3.8) is 0 Å². The lowest BCUT2D eigenvalue weighted by molar-refractivity contribution is 0.0548. The predicted octanol–water partition coefficient (Wildman–Crippen LogP) is 5.56. The van der Waals surface area contributed by atoms with Crippen molar-refractivity contribution in [2.45, 2.75) is 19.4 Å². The van der Waals surface area contributed by atoms with Crippen LogP contribution in [-0.4, -0.2) is 73.5 Å². The molecule has 0 bridgehead atoms. The van der Waals surface area contributed by atoms with Gasteiger partial charge in [-0.05, 0) is 59.4 Å². The van der Waals surface area contributed by atoms with E-state index in [2.05, 4.69) is 51.4 Å². The smallest absolute Gasteiger partial charge is 0.0642 e. The molecule has 5 rings (SSSR count). The topological polar surface area (TPSA) is 31.3 Å². The summed E-state index contributed by atoms with van der Waals surface area (Å²) in [6.45, 7) is 8.10. The normalized spacial score (nSPS) is 21.0. The van der Waals surface area contributed by atoms with Crippen molar-refractivity contribution in [3.05, 3.63) is 86.5 Å². The van der Waals surface area contributed by atoms with Crippen molar-refractivity contribution in [2.24, 2.45) is 5.10 Å². The van der Waals surface area contributed by atoms with E-state index in [0.717, 1.165) is 81.9 Å². The summed E-state index contributed by atoms with van der Waals surface area (Å²) >= 11 is 12.4. The summed E-state index contributed by atoms with van der Waals surface area (Å²) in [6.07, 6.45) is 6.46. The molecule has 35 heavy (non-hydrogen) atoms. The van der Waals surface area contributed by atoms with Crippen LogP contribution >= 0.6 is 23.2 Å². The number of benzene rings is 2. The fraction of sp³-hybridized carbons (Fsp3) is 0.393. The van der Waals surface area contributed by atoms with E-state index >= 15 is 0 Å². The third-order valence-corrected chi connectivity index (χ3v) is 7.51. The average Bonchev–Trinajstić information content (AvgIpc) is 3.29. The second-order valence-corrected chi connectivity index (χ2v) is 10.1. The first kappa shape index (κ1) is 24.4. The van der Waals surface area contributed by atoms with Gasteiger partial charge in [0, 0.05) is 61.6 Å². The van der Waals surface area contributed by atoms with Crippen molar-refractivity contribution in [3.8, 4) is 0 Å². The van der Waals surface area contributed by atoms with Gasteiger partial charge in [0.05, 0.1) is 19.4 Å². The van der Waals surface area contributed by atoms with Crippen LogP contribution in [0.3, 0.4) is 0 Å². The molecular weight excluding hydrogens is 479 g/mol. The summed E-state index contributed by atoms with van der Waals surface area (Å²) in [5.41, 5.74) is 6.41. The van der Waals surface area contributed by atoms with Gasteiger partial charge in [-0.15, -0.1) is 0 Å². The van der Waals surface area contributed by atoms with Crippen LogP contribution in [0.15, 0.2) is 70.5 Å². The van der Waals surface area contributed by atoms with E-state index in [4.69, 9.17) is 33.0 Å². The largest absolute Gasteiger partial charge is 0.378 e. The third-order valence-electron chi connectivity index (χ3n) is 6.89. The quantitative estimate of drug-likeness (QED) is 0.476. The van der Waals surface area contributed by atoms with Crippen LogP contribution in [0.1, 0.15) is 24.0 Å². The molecule has 2 aliphatic heterocycles. The van der Waals surface area contributed by atoms with Gasteiger partial charge in [-0.2, -0.15) is 5.10 Å². The minimum atomic E-state index is 0.766. The molecule has 7 heteroatoms. The zero-order valence-electron chi connectivity index (χ0n) is 20.0. The summed E-state index contributed by atoms with van der Waals surface area (Å²) in [7, 11) is 0. The standard InChI is InChI=1S/C28H32Cl2N4O/c29-26-9-5-22(6-10-26)19-23-7-8-24(28(23)33-15-17-35-18-16-33)20-31-34-13-11-32(12-14-34)21-25-3-1-2-4-27(25)30/h1-6,9-10,19-20H,7-8,11-18,21H2/b23-19-,31-20?. The summed E-state index contributed by atoms with van der Waals surface area (Å²) in [4.78, 5) is 4.93. The number of morpholine rings is 1. The Labute approximate surface area is 218 Å². The molecule has 2 saturated heterocycles. The summed E-state index contributed by atoms with van der Waals surface area (Å²) in [5, 5.41) is 8.73. The van der Waals surface area contributed by atoms with Gasteiger partial charge in [0.2, 0.25) is 0 Å². The highest BCUT2D eigenvalue weighted by molar-refractivity contribution is 6.31. The van der Waals surface area contributed by atoms with Crippen molar-refractivity contribution >= 4 is 35.5 Å². The van der Waals surface area contributed by atoms with Crippen LogP contribution in [0.25, 0.3) is 6.08 Å². The molecule has 0 saturated carbocycles. The van der Waals surface area contributed by atoms with E-state index in [0.29, 0.717) is 0 Å². The predicted molar refractivity (Wildman–Crippen MR) is 145 cm³/mol. The van der Waals surface area contributed by atoms with Crippen LogP contribution in [0.2, 0.25) is 10.0 Å². The van der Waals surface area contributed by atoms with Crippen LogP contribution < -0.4 is 0 Å². The van der Waals surface area contributed by atoms with Gasteiger partial charge >= 0.3 is 0 Å². The number of rotatable bonds is 6. The Morgan fingerprint density at radius 1 is 0.857 bits per heavy atom. The van der Waals surface area contributed by atoms with Crippen molar-refractivity contribution in [1.29, 1.82) is 0 Å². The summed E-state index contributed by atoms with van der Waals surface area (Å²) in [5.74, 6) is 0. The van der Waals surface area contributed by atoms with Crippen LogP contribution in [0, 0.1) is 0 Å². The Hall–Kier alpha value is -2.31. The van der Waals surface area contributed by atoms with Crippen molar-refractivity contribution < 1.29 is 4.74 Å². The number of hydrogen-bond acceptors (Lipinski definition) is 5. The number of ether oxygens (including phenoxy) is 1. The molecule has 2 heterocycles. The molecule has 1 aliphatic carbocycles. The van der Waals surface area contributed by atoms with E-state index in [-0.39, 0.29) is 0 Å². The zero-order chi connectivity index (χ0) is 24.0. The minimum absolute atomic E-state index is 0.766. The maximum absolute atomic E-state index is 6.35. The molecular formula is C28H32Cl2N4O. The van der Waals surface area contributed by atoms with Crippen LogP contribution in [-0.2, 0) is 11.3 Å². The van der Waals surface area contributed by atoms with Crippen LogP contribution in [0.4, 0.5) is 0 Å². The number of allylic oxidation sites excluding steroid dienone is 2. The average molecular weight is 511 g/mol. The first-order chi connectivity index (χ1) is 17.2. The Kier molecular flexibility index (Phi) is 8.09. The van der Waals surface area contributed by atoms with E-state index in [1.165, 1.54) is 28.0 Å². The summed E-state index contributed by atoms with van der Waals surface area (Å²) < 4.78 is 5.62. The molecule has 2 aromatic rings. The Morgan fingerprint density at radius 3 is 2.34 bits per heavy atom. The van der Waals surface area contributed by atoms with E-state index < -0.39 is 0 Å². The molecule has 5 nitrogen and oxygen atoms in total. The van der Waals surface area contributed by atoms with Crippen LogP contribution in [0.5, 0.6) is 0 Å². The van der Waals surface area contributed by atoms with Crippen molar-refractivity contribution in [2.75, 3.05) is 52.5 Å². The SMILES string of the molecule is Clc1ccc(/C=C2/CCC(C=NN3CCN(Cc4ccccc4Cl)CC3)=C2N2CCOCC2)cc1. The first-order valence-corrected chi connectivity index (χ1v) is 13.2. The molecule has 0 radical (unpaired) electrons. The molecule has 0 amide bonds. The molecule has 0 N–H and O–H groups in total. The number of piperazine rings is 1. The van der Waals surface area contributed by atoms with Gasteiger partial charge in [0.15, 0.2) is 0 Å². The lowest BCUT2D eigenvalue weighted by Gasteiger charge is -2.33. The van der Waals surface area contributed by atoms with E-state index in [1.807, 2.05) is 24.3 Å². The fourth-order valence-corrected chi connectivity index (χ4v) is 5.28. The Balaban J connectivity index is 1.27. The second kappa shape index (κ2) is 11.6. The van der Waals surface area contributed by atoms with Gasteiger partial charge in [-0.25, -0.2) is 0 Å². The second-order valence-electron chi connectivity index (χ2n) is 9.26. The van der Waals surface area contributed by atoms with Gasteiger partial charge in [-0.1, -0.05) is 53.5 Å². The summed E-state index contributed by atoms with van der Waals surface area (Å²) in [6, 6.07) is 16.2. The van der Waals surface area contributed by atoms with Crippen molar-refractivity contribution in [1.82, 2.24) is 14.8 Å². The highest BCUT2D eigenvalue weighted by Crippen LogP contribution is 2.35. The molecule has 2 aromatic carbocycles. The molecule has 3 aliphatic rings. The maximum atomic E-state index is 6.35. The molecule has 0 aromatic heterocycles. The lowest BCUT2D eigenvalue weighted by Crippen LogP contribution is -2.43.